The van der Waals surface area contributed by atoms with E-state index in [1.54, 1.807) is 0 Å². The minimum absolute atomic E-state index is 0. The Morgan fingerprint density at radius 1 is 1.14 bits per heavy atom. The quantitative estimate of drug-likeness (QED) is 0.260. The van der Waals surface area contributed by atoms with Gasteiger partial charge in [-0.1, -0.05) is 46.2 Å². The summed E-state index contributed by atoms with van der Waals surface area (Å²) >= 11 is 7.68. The number of ketones is 1. The van der Waals surface area contributed by atoms with Crippen LogP contribution in [-0.4, -0.2) is 30.8 Å². The van der Waals surface area contributed by atoms with Gasteiger partial charge in [0.1, 0.15) is 5.78 Å². The van der Waals surface area contributed by atoms with Gasteiger partial charge in [-0.2, -0.15) is 0 Å². The van der Waals surface area contributed by atoms with E-state index in [1.165, 1.54) is 11.3 Å². The second-order valence-corrected chi connectivity index (χ2v) is 17.1. The van der Waals surface area contributed by atoms with Crippen molar-refractivity contribution in [2.45, 2.75) is 105 Å². The van der Waals surface area contributed by atoms with Gasteiger partial charge in [0.15, 0.2) is 0 Å². The maximum Gasteiger partial charge on any atom is 1.00 e. The Kier molecular flexibility index (Phi) is 10.8. The second kappa shape index (κ2) is 13.0. The van der Waals surface area contributed by atoms with Crippen molar-refractivity contribution in [2.75, 3.05) is 0 Å². The van der Waals surface area contributed by atoms with Gasteiger partial charge in [-0.25, -0.2) is 8.42 Å². The maximum absolute atomic E-state index is 13.3. The van der Waals surface area contributed by atoms with Crippen molar-refractivity contribution in [3.8, 4) is 0 Å². The number of carbonyl (C=O) groups is 2. The second-order valence-electron chi connectivity index (χ2n) is 14.4. The summed E-state index contributed by atoms with van der Waals surface area (Å²) in [6, 6.07) is 3.77. The first-order chi connectivity index (χ1) is 19.1. The molecule has 0 saturated heterocycles. The van der Waals surface area contributed by atoms with E-state index in [2.05, 4.69) is 39.9 Å². The van der Waals surface area contributed by atoms with Gasteiger partial charge in [0, 0.05) is 24.1 Å². The molecule has 4 saturated carbocycles. The first-order valence-electron chi connectivity index (χ1n) is 15.3. The molecule has 0 aliphatic heterocycles. The molecule has 1 N–H and O–H groups in total. The van der Waals surface area contributed by atoms with E-state index in [4.69, 9.17) is 15.8 Å². The number of hydrogen-bond acceptors (Lipinski definition) is 7. The van der Waals surface area contributed by atoms with E-state index >= 15 is 0 Å². The molecule has 0 radical (unpaired) electrons. The number of carbonyl (C=O) groups excluding carboxylic acids is 2. The SMILES string of the molecule is CC(C)[C@H](NC(=O)C[C@@H](C)[C@H]1CC[C@H]2[C@@H]3[C@H](OS(=O)(=O)[O-])C[C@@H]4CC(=O)CC[C@]4(C)[C@H]3CC[C@]12C)c1ccc(Cl)s1.[Na+]. The first-order valence-corrected chi connectivity index (χ1v) is 17.9. The Balaban J connectivity index is 0.00000405. The van der Waals surface area contributed by atoms with Gasteiger partial charge in [0.05, 0.1) is 16.5 Å². The third-order valence-electron chi connectivity index (χ3n) is 11.9. The van der Waals surface area contributed by atoms with Crippen molar-refractivity contribution in [2.24, 2.45) is 52.3 Å². The summed E-state index contributed by atoms with van der Waals surface area (Å²) in [4.78, 5) is 26.8. The number of halogens is 1. The normalized spacial score (nSPS) is 37.7. The van der Waals surface area contributed by atoms with Crippen LogP contribution >= 0.6 is 22.9 Å². The van der Waals surface area contributed by atoms with Gasteiger partial charge < -0.3 is 9.87 Å². The fraction of sp³-hybridized carbons (Fsp3) is 0.806. The summed E-state index contributed by atoms with van der Waals surface area (Å²) in [5.74, 6) is 1.43. The van der Waals surface area contributed by atoms with E-state index in [0.29, 0.717) is 35.9 Å². The van der Waals surface area contributed by atoms with Gasteiger partial charge in [0.25, 0.3) is 0 Å². The summed E-state index contributed by atoms with van der Waals surface area (Å²) in [7, 11) is -4.88. The van der Waals surface area contributed by atoms with E-state index in [-0.39, 0.29) is 93.6 Å². The molecule has 0 bridgehead atoms. The molecule has 1 amide bonds. The molecule has 4 aliphatic carbocycles. The van der Waals surface area contributed by atoms with Crippen LogP contribution in [0.5, 0.6) is 0 Å². The van der Waals surface area contributed by atoms with Crippen molar-refractivity contribution in [3.05, 3.63) is 21.3 Å². The Labute approximate surface area is 282 Å². The Morgan fingerprint density at radius 2 is 1.83 bits per heavy atom. The average molecular weight is 650 g/mol. The van der Waals surface area contributed by atoms with Crippen LogP contribution in [0.1, 0.15) is 103 Å². The van der Waals surface area contributed by atoms with Crippen molar-refractivity contribution < 1.29 is 56.3 Å². The first kappa shape index (κ1) is 34.9. The number of rotatable bonds is 8. The summed E-state index contributed by atoms with van der Waals surface area (Å²) in [6.45, 7) is 11.0. The molecule has 4 aliphatic rings. The molecular weight excluding hydrogens is 605 g/mol. The molecule has 4 fully saturated rings. The van der Waals surface area contributed by atoms with Crippen LogP contribution in [0, 0.1) is 52.3 Å². The topological polar surface area (TPSA) is 113 Å². The fourth-order valence-corrected chi connectivity index (χ4v) is 11.7. The third kappa shape index (κ3) is 6.74. The fourth-order valence-electron chi connectivity index (χ4n) is 9.94. The third-order valence-corrected chi connectivity index (χ3v) is 13.7. The predicted molar refractivity (Wildman–Crippen MR) is 159 cm³/mol. The van der Waals surface area contributed by atoms with Crippen LogP contribution in [0.2, 0.25) is 4.34 Å². The summed E-state index contributed by atoms with van der Waals surface area (Å²) in [5, 5.41) is 3.27. The molecule has 0 aromatic carbocycles. The largest absolute Gasteiger partial charge is 1.00 e. The van der Waals surface area contributed by atoms with Crippen LogP contribution in [0.25, 0.3) is 0 Å². The number of amides is 1. The van der Waals surface area contributed by atoms with Gasteiger partial charge in [-0.3, -0.25) is 13.8 Å². The number of nitrogens with one attached hydrogen (secondary N) is 1. The zero-order valence-electron chi connectivity index (χ0n) is 25.9. The summed E-state index contributed by atoms with van der Waals surface area (Å²) < 4.78 is 41.7. The molecule has 1 aromatic rings. The molecule has 5 rings (SSSR count). The van der Waals surface area contributed by atoms with E-state index in [1.807, 2.05) is 12.1 Å². The monoisotopic (exact) mass is 649 g/mol. The average Bonchev–Trinajstić information content (AvgIpc) is 3.45. The van der Waals surface area contributed by atoms with Crippen molar-refractivity contribution in [3.63, 3.8) is 0 Å². The number of Topliss-reactive ketones (excluding diaryl/α,β-unsaturated/α-hetero) is 1. The molecule has 0 unspecified atom stereocenters. The zero-order chi connectivity index (χ0) is 29.9. The van der Waals surface area contributed by atoms with E-state index in [0.717, 1.165) is 37.0 Å². The van der Waals surface area contributed by atoms with Crippen molar-refractivity contribution >= 4 is 45.0 Å². The molecule has 1 heterocycles. The van der Waals surface area contributed by atoms with Gasteiger partial charge in [-0.05, 0) is 103 Å². The van der Waals surface area contributed by atoms with Crippen LogP contribution in [0.3, 0.4) is 0 Å². The number of hydrogen-bond donors (Lipinski definition) is 1. The molecule has 11 heteroatoms. The van der Waals surface area contributed by atoms with Crippen molar-refractivity contribution in [1.29, 1.82) is 0 Å². The Morgan fingerprint density at radius 3 is 2.45 bits per heavy atom. The predicted octanol–water partition coefficient (Wildman–Crippen LogP) is 3.93. The Bertz CT molecular complexity index is 1270. The van der Waals surface area contributed by atoms with Crippen LogP contribution in [-0.2, 0) is 24.2 Å². The standard InChI is InChI=1S/C31H46ClNO6S2.Na/c1-17(2)29(25-8-9-26(32)40-25)33-27(35)14-18(3)21-6-7-22-28-23(11-13-31(21,22)5)30(4)12-10-20(34)15-19(30)16-24(28)39-41(36,37)38;/h8-9,17-19,21-24,28-29H,6-7,10-16H2,1-5H3,(H,33,35)(H,36,37,38);/q;+1/p-1/t18-,19+,21-,22+,23+,24-,28+,29+,30+,31-;/m1./s1. The molecular formula is C31H45ClNNaO6S2. The molecule has 7 nitrogen and oxygen atoms in total. The summed E-state index contributed by atoms with van der Waals surface area (Å²) in [5.41, 5.74) is -0.117. The summed E-state index contributed by atoms with van der Waals surface area (Å²) in [6.07, 6.45) is 5.90. The minimum atomic E-state index is -4.88. The smallest absolute Gasteiger partial charge is 0.726 e. The minimum Gasteiger partial charge on any atom is -0.726 e. The number of thiophene rings is 1. The zero-order valence-corrected chi connectivity index (χ0v) is 30.2. The van der Waals surface area contributed by atoms with Crippen LogP contribution in [0.15, 0.2) is 12.1 Å². The molecule has 10 atom stereocenters. The molecule has 42 heavy (non-hydrogen) atoms. The van der Waals surface area contributed by atoms with Crippen LogP contribution in [0.4, 0.5) is 0 Å². The van der Waals surface area contributed by atoms with Gasteiger partial charge in [-0.15, -0.1) is 11.3 Å². The molecule has 230 valence electrons. The van der Waals surface area contributed by atoms with Gasteiger partial charge >= 0.3 is 29.6 Å². The van der Waals surface area contributed by atoms with E-state index in [9.17, 15) is 22.6 Å². The Hall–Kier alpha value is 0.000000000000000222. The number of fused-ring (bicyclic) bond motifs is 5. The maximum atomic E-state index is 13.3. The molecule has 0 spiro atoms. The van der Waals surface area contributed by atoms with Crippen molar-refractivity contribution in [1.82, 2.24) is 5.32 Å². The molecule has 1 aromatic heterocycles. The van der Waals surface area contributed by atoms with Gasteiger partial charge in [0.2, 0.25) is 16.3 Å². The van der Waals surface area contributed by atoms with Crippen LogP contribution < -0.4 is 34.9 Å². The van der Waals surface area contributed by atoms with E-state index < -0.39 is 16.5 Å².